The minimum absolute atomic E-state index is 0.103. The van der Waals surface area contributed by atoms with Gasteiger partial charge in [0.15, 0.2) is 5.16 Å². The predicted octanol–water partition coefficient (Wildman–Crippen LogP) is 4.13. The summed E-state index contributed by atoms with van der Waals surface area (Å²) in [6, 6.07) is 20.1. The molecule has 0 aliphatic carbocycles. The molecule has 1 amide bonds. The van der Waals surface area contributed by atoms with Gasteiger partial charge in [-0.3, -0.25) is 4.79 Å². The second-order valence-corrected chi connectivity index (χ2v) is 7.20. The van der Waals surface area contributed by atoms with Crippen molar-refractivity contribution >= 4 is 23.4 Å². The Morgan fingerprint density at radius 3 is 2.69 bits per heavy atom. The van der Waals surface area contributed by atoms with E-state index in [9.17, 15) is 4.79 Å². The largest absolute Gasteiger partial charge is 0.311 e. The third kappa shape index (κ3) is 3.48. The number of carbonyl (C=O) groups excluding carboxylic acids is 1. The summed E-state index contributed by atoms with van der Waals surface area (Å²) in [5, 5.41) is 0.643. The molecule has 1 aliphatic rings. The Bertz CT molecular complexity index is 943. The van der Waals surface area contributed by atoms with Gasteiger partial charge in [0.05, 0.1) is 11.4 Å². The lowest BCUT2D eigenvalue weighted by Crippen LogP contribution is -2.30. The van der Waals surface area contributed by atoms with Crippen LogP contribution in [0.5, 0.6) is 0 Å². The molecule has 5 heteroatoms. The maximum absolute atomic E-state index is 12.7. The van der Waals surface area contributed by atoms with Crippen LogP contribution in [0.3, 0.4) is 0 Å². The van der Waals surface area contributed by atoms with Crippen LogP contribution in [0, 0.1) is 6.92 Å². The average Bonchev–Trinajstić information content (AvgIpc) is 3.11. The number of amides is 1. The van der Waals surface area contributed by atoms with E-state index in [-0.39, 0.29) is 5.91 Å². The predicted molar refractivity (Wildman–Crippen MR) is 105 cm³/mol. The summed E-state index contributed by atoms with van der Waals surface area (Å²) in [5.74, 6) is 0.442. The zero-order valence-electron chi connectivity index (χ0n) is 14.6. The summed E-state index contributed by atoms with van der Waals surface area (Å²) in [7, 11) is 0. The zero-order chi connectivity index (χ0) is 17.9. The molecule has 0 spiro atoms. The molecule has 1 aliphatic heterocycles. The van der Waals surface area contributed by atoms with E-state index in [0.29, 0.717) is 10.9 Å². The molecule has 4 rings (SSSR count). The first-order chi connectivity index (χ1) is 12.7. The van der Waals surface area contributed by atoms with Crippen molar-refractivity contribution in [2.45, 2.75) is 18.5 Å². The van der Waals surface area contributed by atoms with Gasteiger partial charge >= 0.3 is 0 Å². The number of benzene rings is 2. The Kier molecular flexibility index (Phi) is 4.71. The molecule has 0 unspecified atom stereocenters. The molecule has 130 valence electrons. The van der Waals surface area contributed by atoms with Crippen molar-refractivity contribution in [1.82, 2.24) is 9.97 Å². The fraction of sp³-hybridized carbons (Fsp3) is 0.190. The smallest absolute Gasteiger partial charge is 0.237 e. The number of anilines is 1. The number of para-hydroxylation sites is 1. The number of nitrogens with zero attached hydrogens (tertiary/aromatic N) is 3. The van der Waals surface area contributed by atoms with E-state index < -0.39 is 0 Å². The summed E-state index contributed by atoms with van der Waals surface area (Å²) in [5.41, 5.74) is 5.12. The van der Waals surface area contributed by atoms with E-state index >= 15 is 0 Å². The van der Waals surface area contributed by atoms with Gasteiger partial charge in [0.25, 0.3) is 0 Å². The Balaban J connectivity index is 1.48. The highest BCUT2D eigenvalue weighted by molar-refractivity contribution is 7.99. The molecule has 0 saturated carbocycles. The summed E-state index contributed by atoms with van der Waals surface area (Å²) >= 11 is 1.40. The summed E-state index contributed by atoms with van der Waals surface area (Å²) in [6.07, 6.45) is 0.922. The highest BCUT2D eigenvalue weighted by Gasteiger charge is 2.24. The average molecular weight is 361 g/mol. The molecular formula is C21H19N3OS. The Hall–Kier alpha value is -2.66. The maximum Gasteiger partial charge on any atom is 0.237 e. The van der Waals surface area contributed by atoms with E-state index in [0.717, 1.165) is 35.6 Å². The van der Waals surface area contributed by atoms with Crippen molar-refractivity contribution in [2.24, 2.45) is 0 Å². The van der Waals surface area contributed by atoms with Crippen LogP contribution in [-0.4, -0.2) is 28.2 Å². The topological polar surface area (TPSA) is 46.1 Å². The second kappa shape index (κ2) is 7.30. The first-order valence-corrected chi connectivity index (χ1v) is 9.61. The molecule has 1 aromatic heterocycles. The lowest BCUT2D eigenvalue weighted by atomic mass is 10.1. The number of aromatic nitrogens is 2. The molecule has 2 heterocycles. The SMILES string of the molecule is Cc1cc(-c2ccccc2)nc(SCC(=O)N2CCc3ccccc32)n1. The van der Waals surface area contributed by atoms with E-state index in [1.807, 2.05) is 66.4 Å². The normalized spacial score (nSPS) is 12.9. The molecule has 0 radical (unpaired) electrons. The van der Waals surface area contributed by atoms with Gasteiger partial charge in [-0.1, -0.05) is 60.3 Å². The number of carbonyl (C=O) groups is 1. The fourth-order valence-electron chi connectivity index (χ4n) is 3.16. The summed E-state index contributed by atoms with van der Waals surface area (Å²) in [4.78, 5) is 23.7. The van der Waals surface area contributed by atoms with Gasteiger partial charge in [0.2, 0.25) is 5.91 Å². The van der Waals surface area contributed by atoms with Crippen molar-refractivity contribution in [3.05, 3.63) is 71.9 Å². The molecule has 0 N–H and O–H groups in total. The van der Waals surface area contributed by atoms with Crippen LogP contribution in [0.25, 0.3) is 11.3 Å². The Morgan fingerprint density at radius 1 is 1.08 bits per heavy atom. The lowest BCUT2D eigenvalue weighted by molar-refractivity contribution is -0.116. The molecule has 0 saturated heterocycles. The number of aryl methyl sites for hydroxylation is 1. The van der Waals surface area contributed by atoms with Gasteiger partial charge in [0, 0.05) is 23.5 Å². The monoisotopic (exact) mass is 361 g/mol. The van der Waals surface area contributed by atoms with Gasteiger partial charge in [-0.2, -0.15) is 0 Å². The van der Waals surface area contributed by atoms with Crippen molar-refractivity contribution in [3.63, 3.8) is 0 Å². The van der Waals surface area contributed by atoms with Gasteiger partial charge in [-0.15, -0.1) is 0 Å². The summed E-state index contributed by atoms with van der Waals surface area (Å²) < 4.78 is 0. The Morgan fingerprint density at radius 2 is 1.85 bits per heavy atom. The maximum atomic E-state index is 12.7. The Labute approximate surface area is 157 Å². The summed E-state index contributed by atoms with van der Waals surface area (Å²) in [6.45, 7) is 2.71. The first-order valence-electron chi connectivity index (χ1n) is 8.63. The third-order valence-corrected chi connectivity index (χ3v) is 5.25. The zero-order valence-corrected chi connectivity index (χ0v) is 15.4. The first kappa shape index (κ1) is 16.8. The number of rotatable bonds is 4. The fourth-order valence-corrected chi connectivity index (χ4v) is 3.94. The third-order valence-electron chi connectivity index (χ3n) is 4.42. The van der Waals surface area contributed by atoms with Crippen LogP contribution >= 0.6 is 11.8 Å². The van der Waals surface area contributed by atoms with E-state index in [1.54, 1.807) is 0 Å². The molecule has 0 bridgehead atoms. The quantitative estimate of drug-likeness (QED) is 0.518. The van der Waals surface area contributed by atoms with Gasteiger partial charge in [0.1, 0.15) is 0 Å². The van der Waals surface area contributed by atoms with E-state index in [4.69, 9.17) is 0 Å². The van der Waals surface area contributed by atoms with Gasteiger partial charge in [-0.05, 0) is 31.0 Å². The highest BCUT2D eigenvalue weighted by atomic mass is 32.2. The van der Waals surface area contributed by atoms with Crippen LogP contribution < -0.4 is 4.90 Å². The number of hydrogen-bond acceptors (Lipinski definition) is 4. The molecule has 26 heavy (non-hydrogen) atoms. The van der Waals surface area contributed by atoms with Crippen LogP contribution in [0.2, 0.25) is 0 Å². The second-order valence-electron chi connectivity index (χ2n) is 6.26. The van der Waals surface area contributed by atoms with Crippen molar-refractivity contribution < 1.29 is 4.79 Å². The van der Waals surface area contributed by atoms with Crippen molar-refractivity contribution in [2.75, 3.05) is 17.2 Å². The number of hydrogen-bond donors (Lipinski definition) is 0. The number of thioether (sulfide) groups is 1. The van der Waals surface area contributed by atoms with Gasteiger partial charge < -0.3 is 4.90 Å². The molecule has 0 fully saturated rings. The van der Waals surface area contributed by atoms with Gasteiger partial charge in [-0.25, -0.2) is 9.97 Å². The molecule has 0 atom stereocenters. The molecular weight excluding hydrogens is 342 g/mol. The minimum Gasteiger partial charge on any atom is -0.311 e. The van der Waals surface area contributed by atoms with Crippen molar-refractivity contribution in [3.8, 4) is 11.3 Å². The van der Waals surface area contributed by atoms with Crippen molar-refractivity contribution in [1.29, 1.82) is 0 Å². The van der Waals surface area contributed by atoms with E-state index in [2.05, 4.69) is 16.0 Å². The highest BCUT2D eigenvalue weighted by Crippen LogP contribution is 2.29. The van der Waals surface area contributed by atoms with Crippen LogP contribution in [-0.2, 0) is 11.2 Å². The number of fused-ring (bicyclic) bond motifs is 1. The molecule has 2 aromatic carbocycles. The van der Waals surface area contributed by atoms with Crippen LogP contribution in [0.4, 0.5) is 5.69 Å². The standard InChI is InChI=1S/C21H19N3OS/c1-15-13-18(16-7-3-2-4-8-16)23-21(22-15)26-14-20(25)24-12-11-17-9-5-6-10-19(17)24/h2-10,13H,11-12,14H2,1H3. The molecule has 4 nitrogen and oxygen atoms in total. The molecule has 3 aromatic rings. The van der Waals surface area contributed by atoms with Crippen LogP contribution in [0.1, 0.15) is 11.3 Å². The van der Waals surface area contributed by atoms with Crippen LogP contribution in [0.15, 0.2) is 65.8 Å². The lowest BCUT2D eigenvalue weighted by Gasteiger charge is -2.16. The minimum atomic E-state index is 0.103. The van der Waals surface area contributed by atoms with E-state index in [1.165, 1.54) is 17.3 Å².